The normalized spacial score (nSPS) is 10.3. The van der Waals surface area contributed by atoms with Crippen LogP contribution in [0.5, 0.6) is 0 Å². The fraction of sp³-hybridized carbons (Fsp3) is 0.263. The maximum atomic E-state index is 11.7. The van der Waals surface area contributed by atoms with E-state index in [2.05, 4.69) is 5.32 Å². The zero-order valence-electron chi connectivity index (χ0n) is 13.7. The van der Waals surface area contributed by atoms with E-state index < -0.39 is 5.97 Å². The van der Waals surface area contributed by atoms with E-state index in [1.165, 1.54) is 11.8 Å². The van der Waals surface area contributed by atoms with E-state index in [0.29, 0.717) is 17.3 Å². The Bertz CT molecular complexity index is 694. The highest BCUT2D eigenvalue weighted by atomic mass is 35.5. The molecule has 0 aromatic heterocycles. The van der Waals surface area contributed by atoms with Crippen LogP contribution in [0.2, 0.25) is 5.02 Å². The van der Waals surface area contributed by atoms with Crippen LogP contribution in [-0.4, -0.2) is 30.8 Å². The van der Waals surface area contributed by atoms with Gasteiger partial charge in [-0.05, 0) is 23.6 Å². The highest BCUT2D eigenvalue weighted by Gasteiger charge is 2.08. The summed E-state index contributed by atoms with van der Waals surface area (Å²) >= 11 is 7.46. The second kappa shape index (κ2) is 10.8. The molecular weight excluding hydrogens is 358 g/mol. The molecule has 0 bridgehead atoms. The molecule has 132 valence electrons. The Morgan fingerprint density at radius 2 is 1.76 bits per heavy atom. The Labute approximate surface area is 156 Å². The van der Waals surface area contributed by atoms with Crippen LogP contribution in [0, 0.1) is 0 Å². The van der Waals surface area contributed by atoms with Crippen molar-refractivity contribution < 1.29 is 14.3 Å². The predicted octanol–water partition coefficient (Wildman–Crippen LogP) is 3.48. The maximum Gasteiger partial charge on any atom is 0.316 e. The van der Waals surface area contributed by atoms with Gasteiger partial charge in [0, 0.05) is 17.3 Å². The van der Waals surface area contributed by atoms with Gasteiger partial charge in [-0.3, -0.25) is 9.59 Å². The molecule has 1 N–H and O–H groups in total. The van der Waals surface area contributed by atoms with Gasteiger partial charge < -0.3 is 10.1 Å². The second-order valence-corrected chi connectivity index (χ2v) is 6.72. The highest BCUT2D eigenvalue weighted by molar-refractivity contribution is 7.99. The van der Waals surface area contributed by atoms with Gasteiger partial charge in [0.05, 0.1) is 5.75 Å². The summed E-state index contributed by atoms with van der Waals surface area (Å²) in [5.74, 6) is 0.108. The number of halogens is 1. The lowest BCUT2D eigenvalue weighted by molar-refractivity contribution is -0.145. The predicted molar refractivity (Wildman–Crippen MR) is 102 cm³/mol. The van der Waals surface area contributed by atoms with Crippen molar-refractivity contribution in [2.75, 3.05) is 18.9 Å². The van der Waals surface area contributed by atoms with Crippen molar-refractivity contribution in [3.63, 3.8) is 0 Å². The van der Waals surface area contributed by atoms with Crippen molar-refractivity contribution in [1.29, 1.82) is 0 Å². The van der Waals surface area contributed by atoms with Crippen LogP contribution >= 0.6 is 23.4 Å². The van der Waals surface area contributed by atoms with E-state index >= 15 is 0 Å². The lowest BCUT2D eigenvalue weighted by Gasteiger charge is -2.07. The summed E-state index contributed by atoms with van der Waals surface area (Å²) in [5, 5.41) is 3.42. The molecule has 2 rings (SSSR count). The minimum absolute atomic E-state index is 0.183. The van der Waals surface area contributed by atoms with Gasteiger partial charge in [0.25, 0.3) is 5.91 Å². The Kier molecular flexibility index (Phi) is 8.35. The van der Waals surface area contributed by atoms with Gasteiger partial charge in [-0.1, -0.05) is 60.1 Å². The van der Waals surface area contributed by atoms with Crippen molar-refractivity contribution >= 4 is 35.2 Å². The first-order valence-electron chi connectivity index (χ1n) is 7.92. The summed E-state index contributed by atoms with van der Waals surface area (Å²) < 4.78 is 4.97. The summed E-state index contributed by atoms with van der Waals surface area (Å²) in [6.07, 6.45) is 0.744. The average molecular weight is 378 g/mol. The van der Waals surface area contributed by atoms with Gasteiger partial charge in [-0.25, -0.2) is 0 Å². The minimum Gasteiger partial charge on any atom is -0.455 e. The monoisotopic (exact) mass is 377 g/mol. The molecule has 6 heteroatoms. The number of thioether (sulfide) groups is 1. The fourth-order valence-electron chi connectivity index (χ4n) is 2.09. The molecule has 0 aliphatic carbocycles. The third-order valence-electron chi connectivity index (χ3n) is 3.38. The number of ether oxygens (including phenoxy) is 1. The standard InChI is InChI=1S/C19H20ClNO3S/c20-17-9-5-4-8-16(17)13-25-14-19(23)24-12-18(22)21-11-10-15-6-2-1-3-7-15/h1-9H,10-14H2,(H,21,22). The Morgan fingerprint density at radius 1 is 1.04 bits per heavy atom. The fourth-order valence-corrected chi connectivity index (χ4v) is 3.19. The SMILES string of the molecule is O=C(COC(=O)CSCc1ccccc1Cl)NCCc1ccccc1. The van der Waals surface area contributed by atoms with E-state index in [0.717, 1.165) is 17.5 Å². The topological polar surface area (TPSA) is 55.4 Å². The van der Waals surface area contributed by atoms with E-state index in [4.69, 9.17) is 16.3 Å². The molecule has 2 aromatic carbocycles. The molecule has 25 heavy (non-hydrogen) atoms. The van der Waals surface area contributed by atoms with Crippen molar-refractivity contribution in [2.24, 2.45) is 0 Å². The number of amides is 1. The number of benzene rings is 2. The molecule has 0 fully saturated rings. The summed E-state index contributed by atoms with van der Waals surface area (Å²) in [6, 6.07) is 17.4. The van der Waals surface area contributed by atoms with Crippen molar-refractivity contribution in [1.82, 2.24) is 5.32 Å². The molecule has 0 radical (unpaired) electrons. The van der Waals surface area contributed by atoms with Gasteiger partial charge in [-0.2, -0.15) is 0 Å². The number of carbonyl (C=O) groups excluding carboxylic acids is 2. The van der Waals surface area contributed by atoms with Crippen molar-refractivity contribution in [2.45, 2.75) is 12.2 Å². The van der Waals surface area contributed by atoms with E-state index in [1.54, 1.807) is 0 Å². The molecule has 2 aromatic rings. The number of esters is 1. The Hall–Kier alpha value is -1.98. The molecule has 0 heterocycles. The number of hydrogen-bond donors (Lipinski definition) is 1. The van der Waals surface area contributed by atoms with E-state index in [-0.39, 0.29) is 18.3 Å². The molecule has 1 amide bonds. The van der Waals surface area contributed by atoms with Crippen LogP contribution in [0.3, 0.4) is 0 Å². The average Bonchev–Trinajstić information content (AvgIpc) is 2.62. The lowest BCUT2D eigenvalue weighted by Crippen LogP contribution is -2.30. The van der Waals surface area contributed by atoms with Crippen LogP contribution in [0.15, 0.2) is 54.6 Å². The zero-order valence-corrected chi connectivity index (χ0v) is 15.3. The van der Waals surface area contributed by atoms with Crippen LogP contribution in [0.4, 0.5) is 0 Å². The van der Waals surface area contributed by atoms with Crippen LogP contribution < -0.4 is 5.32 Å². The Balaban J connectivity index is 1.56. The smallest absolute Gasteiger partial charge is 0.316 e. The number of carbonyl (C=O) groups is 2. The summed E-state index contributed by atoms with van der Waals surface area (Å²) in [6.45, 7) is 0.266. The molecule has 0 atom stereocenters. The van der Waals surface area contributed by atoms with Crippen LogP contribution in [0.25, 0.3) is 0 Å². The maximum absolute atomic E-state index is 11.7. The molecule has 0 aliphatic heterocycles. The molecule has 0 aliphatic rings. The Morgan fingerprint density at radius 3 is 2.52 bits per heavy atom. The third-order valence-corrected chi connectivity index (χ3v) is 4.70. The molecule has 0 saturated carbocycles. The quantitative estimate of drug-likeness (QED) is 0.680. The van der Waals surface area contributed by atoms with Crippen LogP contribution in [-0.2, 0) is 26.5 Å². The van der Waals surface area contributed by atoms with Gasteiger partial charge in [0.2, 0.25) is 0 Å². The number of hydrogen-bond acceptors (Lipinski definition) is 4. The van der Waals surface area contributed by atoms with Gasteiger partial charge in [-0.15, -0.1) is 11.8 Å². The summed E-state index contributed by atoms with van der Waals surface area (Å²) in [4.78, 5) is 23.3. The lowest BCUT2D eigenvalue weighted by atomic mass is 10.1. The second-order valence-electron chi connectivity index (χ2n) is 5.33. The van der Waals surface area contributed by atoms with Crippen LogP contribution in [0.1, 0.15) is 11.1 Å². The third kappa shape index (κ3) is 7.63. The summed E-state index contributed by atoms with van der Waals surface area (Å²) in [5.41, 5.74) is 2.12. The van der Waals surface area contributed by atoms with Gasteiger partial charge in [0.1, 0.15) is 0 Å². The largest absolute Gasteiger partial charge is 0.455 e. The first-order valence-corrected chi connectivity index (χ1v) is 9.46. The summed E-state index contributed by atoms with van der Waals surface area (Å²) in [7, 11) is 0. The molecule has 0 unspecified atom stereocenters. The zero-order chi connectivity index (χ0) is 17.9. The molecule has 0 saturated heterocycles. The van der Waals surface area contributed by atoms with Crippen molar-refractivity contribution in [3.05, 3.63) is 70.7 Å². The molecular formula is C19H20ClNO3S. The minimum atomic E-state index is -0.407. The van der Waals surface area contributed by atoms with E-state index in [9.17, 15) is 9.59 Å². The number of rotatable bonds is 9. The first-order chi connectivity index (χ1) is 12.1. The number of nitrogens with one attached hydrogen (secondary N) is 1. The van der Waals surface area contributed by atoms with Gasteiger partial charge in [0.15, 0.2) is 6.61 Å². The van der Waals surface area contributed by atoms with E-state index in [1.807, 2.05) is 54.6 Å². The molecule has 0 spiro atoms. The molecule has 4 nitrogen and oxygen atoms in total. The first kappa shape index (κ1) is 19.3. The van der Waals surface area contributed by atoms with Gasteiger partial charge >= 0.3 is 5.97 Å². The van der Waals surface area contributed by atoms with Crippen molar-refractivity contribution in [3.8, 4) is 0 Å². The highest BCUT2D eigenvalue weighted by Crippen LogP contribution is 2.20.